The van der Waals surface area contributed by atoms with Gasteiger partial charge >= 0.3 is 0 Å². The molecule has 3 aromatic carbocycles. The lowest BCUT2D eigenvalue weighted by atomic mass is 9.90. The Balaban J connectivity index is 0.000000168. The van der Waals surface area contributed by atoms with Crippen LogP contribution in [0.25, 0.3) is 0 Å². The number of hydrogen-bond acceptors (Lipinski definition) is 1. The van der Waals surface area contributed by atoms with E-state index in [0.717, 1.165) is 18.8 Å². The molecule has 3 aliphatic rings. The average molecular weight is 459 g/mol. The van der Waals surface area contributed by atoms with Gasteiger partial charge in [0.1, 0.15) is 5.75 Å². The van der Waals surface area contributed by atoms with Crippen LogP contribution in [0.3, 0.4) is 0 Å². The predicted molar refractivity (Wildman–Crippen MR) is 149 cm³/mol. The van der Waals surface area contributed by atoms with Gasteiger partial charge in [0.2, 0.25) is 0 Å². The van der Waals surface area contributed by atoms with Crippen LogP contribution in [0.1, 0.15) is 82.2 Å². The molecule has 1 aliphatic heterocycles. The van der Waals surface area contributed by atoms with E-state index in [9.17, 15) is 0 Å². The summed E-state index contributed by atoms with van der Waals surface area (Å²) in [6, 6.07) is 25.8. The highest BCUT2D eigenvalue weighted by Crippen LogP contribution is 2.35. The van der Waals surface area contributed by atoms with E-state index >= 15 is 0 Å². The van der Waals surface area contributed by atoms with Crippen LogP contribution < -0.4 is 4.74 Å². The molecule has 0 amide bonds. The summed E-state index contributed by atoms with van der Waals surface area (Å²) in [6.07, 6.45) is 8.81. The van der Waals surface area contributed by atoms with Crippen LogP contribution in [0, 0.1) is 5.41 Å². The summed E-state index contributed by atoms with van der Waals surface area (Å²) in [7, 11) is 0. The summed E-state index contributed by atoms with van der Waals surface area (Å²) in [5.41, 5.74) is 8.10. The number of ether oxygens (including phenoxy) is 1. The number of rotatable bonds is 0. The number of aryl methyl sites for hydroxylation is 3. The van der Waals surface area contributed by atoms with Crippen molar-refractivity contribution in [1.82, 2.24) is 0 Å². The van der Waals surface area contributed by atoms with E-state index in [4.69, 9.17) is 4.74 Å². The van der Waals surface area contributed by atoms with Gasteiger partial charge in [0, 0.05) is 0 Å². The zero-order valence-corrected chi connectivity index (χ0v) is 22.5. The zero-order valence-electron chi connectivity index (χ0n) is 22.5. The van der Waals surface area contributed by atoms with Crippen LogP contribution in [0.5, 0.6) is 5.75 Å². The average Bonchev–Trinajstić information content (AvgIpc) is 3.50. The van der Waals surface area contributed by atoms with E-state index in [1.165, 1.54) is 44.1 Å². The molecule has 184 valence electrons. The molecule has 0 N–H and O–H groups in total. The standard InChI is InChI=1S/C11H14.C9H10O.C9H10.2C2H6/c1-11(2)7-9-5-3-4-6-10(9)8-11;1-2-6-9-8(4-1)5-3-7-10-9;1-2-5-9-7-3-6-8(9)4-1;2*1-2/h3-6H,7-8H2,1-2H3;1-2,4,6H,3,5,7H2;1-2,4-5H,3,6-7H2;2*1-2H3. The molecular formula is C33H46O. The van der Waals surface area contributed by atoms with Crippen LogP contribution in [0.2, 0.25) is 0 Å². The Morgan fingerprint density at radius 3 is 1.44 bits per heavy atom. The molecule has 1 nitrogen and oxygen atoms in total. The number of fused-ring (bicyclic) bond motifs is 3. The Morgan fingerprint density at radius 1 is 0.529 bits per heavy atom. The molecule has 6 rings (SSSR count). The minimum Gasteiger partial charge on any atom is -0.493 e. The van der Waals surface area contributed by atoms with Crippen molar-refractivity contribution in [2.75, 3.05) is 6.61 Å². The lowest BCUT2D eigenvalue weighted by Crippen LogP contribution is -2.09. The van der Waals surface area contributed by atoms with Crippen molar-refractivity contribution >= 4 is 0 Å². The van der Waals surface area contributed by atoms with Crippen molar-refractivity contribution in [1.29, 1.82) is 0 Å². The number of para-hydroxylation sites is 1. The molecule has 0 spiro atoms. The van der Waals surface area contributed by atoms with Gasteiger partial charge in [-0.05, 0) is 84.2 Å². The SMILES string of the molecule is CC.CC.CC1(C)Cc2ccccc2C1.c1ccc2c(c1)CCC2.c1ccc2c(c1)CCCO2. The third-order valence-electron chi connectivity index (χ3n) is 6.29. The normalized spacial score (nSPS) is 15.5. The first kappa shape index (κ1) is 27.7. The number of benzene rings is 3. The molecular weight excluding hydrogens is 412 g/mol. The molecule has 34 heavy (non-hydrogen) atoms. The van der Waals surface area contributed by atoms with E-state index in [1.807, 2.05) is 39.8 Å². The van der Waals surface area contributed by atoms with E-state index in [2.05, 4.69) is 74.5 Å². The molecule has 0 saturated carbocycles. The maximum absolute atomic E-state index is 5.42. The van der Waals surface area contributed by atoms with E-state index in [-0.39, 0.29) is 0 Å². The third-order valence-corrected chi connectivity index (χ3v) is 6.29. The van der Waals surface area contributed by atoms with Crippen molar-refractivity contribution in [2.45, 2.75) is 86.5 Å². The summed E-state index contributed by atoms with van der Waals surface area (Å²) in [4.78, 5) is 0. The Bertz CT molecular complexity index is 895. The van der Waals surface area contributed by atoms with E-state index in [1.54, 1.807) is 22.3 Å². The van der Waals surface area contributed by atoms with Crippen molar-refractivity contribution in [3.05, 3.63) is 101 Å². The van der Waals surface area contributed by atoms with Gasteiger partial charge in [-0.1, -0.05) is 108 Å². The molecule has 1 heterocycles. The van der Waals surface area contributed by atoms with Crippen LogP contribution in [0.4, 0.5) is 0 Å². The van der Waals surface area contributed by atoms with E-state index < -0.39 is 0 Å². The van der Waals surface area contributed by atoms with Crippen LogP contribution in [-0.2, 0) is 32.1 Å². The first-order valence-electron chi connectivity index (χ1n) is 13.4. The zero-order chi connectivity index (χ0) is 24.8. The molecule has 0 unspecified atom stereocenters. The first-order valence-corrected chi connectivity index (χ1v) is 13.4. The Hall–Kier alpha value is -2.54. The van der Waals surface area contributed by atoms with Crippen molar-refractivity contribution in [2.24, 2.45) is 5.41 Å². The quantitative estimate of drug-likeness (QED) is 0.326. The third kappa shape index (κ3) is 8.35. The fourth-order valence-electron chi connectivity index (χ4n) is 4.81. The molecule has 0 saturated heterocycles. The smallest absolute Gasteiger partial charge is 0.122 e. The lowest BCUT2D eigenvalue weighted by molar-refractivity contribution is 0.288. The van der Waals surface area contributed by atoms with Crippen molar-refractivity contribution in [3.63, 3.8) is 0 Å². The van der Waals surface area contributed by atoms with Crippen LogP contribution >= 0.6 is 0 Å². The van der Waals surface area contributed by atoms with Gasteiger partial charge in [0.15, 0.2) is 0 Å². The van der Waals surface area contributed by atoms with Crippen LogP contribution in [-0.4, -0.2) is 6.61 Å². The molecule has 0 radical (unpaired) electrons. The Kier molecular flexibility index (Phi) is 11.9. The summed E-state index contributed by atoms with van der Waals surface area (Å²) >= 11 is 0. The highest BCUT2D eigenvalue weighted by molar-refractivity contribution is 5.35. The van der Waals surface area contributed by atoms with Crippen LogP contribution in [0.15, 0.2) is 72.8 Å². The minimum absolute atomic E-state index is 0.504. The molecule has 0 bridgehead atoms. The largest absolute Gasteiger partial charge is 0.493 e. The van der Waals surface area contributed by atoms with Gasteiger partial charge in [-0.25, -0.2) is 0 Å². The van der Waals surface area contributed by atoms with Gasteiger partial charge in [-0.2, -0.15) is 0 Å². The molecule has 1 heteroatoms. The maximum Gasteiger partial charge on any atom is 0.122 e. The molecule has 2 aliphatic carbocycles. The lowest BCUT2D eigenvalue weighted by Gasteiger charge is -2.15. The van der Waals surface area contributed by atoms with Crippen molar-refractivity contribution < 1.29 is 4.74 Å². The van der Waals surface area contributed by atoms with Gasteiger partial charge < -0.3 is 4.74 Å². The predicted octanol–water partition coefficient (Wildman–Crippen LogP) is 9.05. The highest BCUT2D eigenvalue weighted by atomic mass is 16.5. The van der Waals surface area contributed by atoms with Gasteiger partial charge in [0.25, 0.3) is 0 Å². The van der Waals surface area contributed by atoms with Gasteiger partial charge in [0.05, 0.1) is 6.61 Å². The van der Waals surface area contributed by atoms with E-state index in [0.29, 0.717) is 5.41 Å². The highest BCUT2D eigenvalue weighted by Gasteiger charge is 2.27. The monoisotopic (exact) mass is 458 g/mol. The number of hydrogen-bond donors (Lipinski definition) is 0. The Labute approximate surface area is 209 Å². The Morgan fingerprint density at radius 2 is 0.941 bits per heavy atom. The second-order valence-corrected chi connectivity index (χ2v) is 9.47. The summed E-state index contributed by atoms with van der Waals surface area (Å²) in [5, 5.41) is 0. The molecule has 0 aromatic heterocycles. The molecule has 0 atom stereocenters. The molecule has 3 aromatic rings. The fourth-order valence-corrected chi connectivity index (χ4v) is 4.81. The maximum atomic E-state index is 5.42. The van der Waals surface area contributed by atoms with Crippen molar-refractivity contribution in [3.8, 4) is 5.75 Å². The minimum atomic E-state index is 0.504. The topological polar surface area (TPSA) is 9.23 Å². The van der Waals surface area contributed by atoms with Gasteiger partial charge in [-0.3, -0.25) is 0 Å². The summed E-state index contributed by atoms with van der Waals surface area (Å²) in [5.74, 6) is 1.08. The first-order chi connectivity index (χ1) is 16.6. The second kappa shape index (κ2) is 14.7. The van der Waals surface area contributed by atoms with Gasteiger partial charge in [-0.15, -0.1) is 0 Å². The summed E-state index contributed by atoms with van der Waals surface area (Å²) < 4.78 is 5.42. The fraction of sp³-hybridized carbons (Fsp3) is 0.455. The second-order valence-electron chi connectivity index (χ2n) is 9.47. The molecule has 0 fully saturated rings. The summed E-state index contributed by atoms with van der Waals surface area (Å²) in [6.45, 7) is 13.6.